The first-order valence-corrected chi connectivity index (χ1v) is 6.57. The Bertz CT molecular complexity index is 168. The summed E-state index contributed by atoms with van der Waals surface area (Å²) < 4.78 is 0. The molecule has 1 saturated heterocycles. The van der Waals surface area contributed by atoms with Crippen LogP contribution in [0.5, 0.6) is 0 Å². The molecule has 1 N–H and O–H groups in total. The maximum absolute atomic E-state index is 3.47. The van der Waals surface area contributed by atoms with Crippen molar-refractivity contribution in [1.82, 2.24) is 10.2 Å². The van der Waals surface area contributed by atoms with Crippen molar-refractivity contribution < 1.29 is 0 Å². The van der Waals surface area contributed by atoms with E-state index in [4.69, 9.17) is 0 Å². The van der Waals surface area contributed by atoms with Gasteiger partial charge in [-0.2, -0.15) is 0 Å². The molecule has 0 amide bonds. The molecule has 1 aliphatic rings. The van der Waals surface area contributed by atoms with Crippen molar-refractivity contribution in [3.8, 4) is 0 Å². The maximum atomic E-state index is 3.47. The summed E-state index contributed by atoms with van der Waals surface area (Å²) in [5.41, 5.74) is 0. The van der Waals surface area contributed by atoms with Gasteiger partial charge in [-0.3, -0.25) is 0 Å². The highest BCUT2D eigenvalue weighted by molar-refractivity contribution is 4.79. The molecule has 1 heterocycles. The Morgan fingerprint density at radius 2 is 2.00 bits per heavy atom. The number of hydrogen-bond acceptors (Lipinski definition) is 2. The Kier molecular flexibility index (Phi) is 5.62. The summed E-state index contributed by atoms with van der Waals surface area (Å²) in [5, 5.41) is 3.47. The molecule has 0 spiro atoms. The van der Waals surface area contributed by atoms with E-state index in [9.17, 15) is 0 Å². The van der Waals surface area contributed by atoms with Crippen molar-refractivity contribution in [3.63, 3.8) is 0 Å². The molecule has 0 aromatic carbocycles. The zero-order valence-electron chi connectivity index (χ0n) is 10.9. The van der Waals surface area contributed by atoms with Gasteiger partial charge in [-0.1, -0.05) is 20.8 Å². The van der Waals surface area contributed by atoms with Gasteiger partial charge in [-0.15, -0.1) is 0 Å². The fraction of sp³-hybridized carbons (Fsp3) is 1.00. The smallest absolute Gasteiger partial charge is 0.00700 e. The van der Waals surface area contributed by atoms with Crippen LogP contribution >= 0.6 is 0 Å². The minimum Gasteiger partial charge on any atom is -0.315 e. The van der Waals surface area contributed by atoms with Crippen molar-refractivity contribution in [2.75, 3.05) is 19.6 Å². The van der Waals surface area contributed by atoms with Crippen LogP contribution in [0.25, 0.3) is 0 Å². The maximum Gasteiger partial charge on any atom is 0.00700 e. The van der Waals surface area contributed by atoms with Gasteiger partial charge in [0.2, 0.25) is 0 Å². The molecule has 2 heteroatoms. The molecule has 1 aliphatic heterocycles. The van der Waals surface area contributed by atoms with Crippen LogP contribution in [0.15, 0.2) is 0 Å². The number of nitrogens with zero attached hydrogens (tertiary/aromatic N) is 1. The molecule has 1 fully saturated rings. The summed E-state index contributed by atoms with van der Waals surface area (Å²) in [4.78, 5) is 2.65. The molecule has 0 aromatic rings. The summed E-state index contributed by atoms with van der Waals surface area (Å²) in [6, 6.07) is 1.45. The molecular formula is C13H28N2. The topological polar surface area (TPSA) is 15.3 Å². The lowest BCUT2D eigenvalue weighted by Crippen LogP contribution is -2.29. The highest BCUT2D eigenvalue weighted by atomic mass is 15.2. The molecule has 0 radical (unpaired) electrons. The van der Waals surface area contributed by atoms with Crippen molar-refractivity contribution in [2.45, 2.75) is 59.0 Å². The van der Waals surface area contributed by atoms with Gasteiger partial charge in [0.15, 0.2) is 0 Å². The molecule has 2 unspecified atom stereocenters. The normalized spacial score (nSPS) is 27.8. The number of nitrogens with one attached hydrogen (secondary N) is 1. The highest BCUT2D eigenvalue weighted by Gasteiger charge is 2.24. The van der Waals surface area contributed by atoms with Crippen LogP contribution in [-0.2, 0) is 0 Å². The quantitative estimate of drug-likeness (QED) is 0.681. The standard InChI is InChI=1S/C13H28N2/c1-11(2)14-7-5-6-8-15-10-12(3)9-13(15)4/h11-14H,5-10H2,1-4H3. The second kappa shape index (κ2) is 6.49. The summed E-state index contributed by atoms with van der Waals surface area (Å²) in [7, 11) is 0. The Balaban J connectivity index is 2.00. The SMILES string of the molecule is CC1CC(C)N(CCCCNC(C)C)C1. The molecule has 0 bridgehead atoms. The van der Waals surface area contributed by atoms with Gasteiger partial charge in [-0.25, -0.2) is 0 Å². The van der Waals surface area contributed by atoms with Crippen LogP contribution in [0.1, 0.15) is 47.0 Å². The van der Waals surface area contributed by atoms with Gasteiger partial charge in [-0.05, 0) is 45.2 Å². The van der Waals surface area contributed by atoms with Crippen LogP contribution in [0.3, 0.4) is 0 Å². The zero-order valence-corrected chi connectivity index (χ0v) is 10.9. The number of rotatable bonds is 6. The molecule has 2 atom stereocenters. The minimum absolute atomic E-state index is 0.635. The molecular weight excluding hydrogens is 184 g/mol. The van der Waals surface area contributed by atoms with E-state index in [0.29, 0.717) is 6.04 Å². The van der Waals surface area contributed by atoms with Crippen LogP contribution in [-0.4, -0.2) is 36.6 Å². The average Bonchev–Trinajstić information content (AvgIpc) is 2.44. The predicted octanol–water partition coefficient (Wildman–Crippen LogP) is 2.49. The second-order valence-corrected chi connectivity index (χ2v) is 5.50. The fourth-order valence-electron chi connectivity index (χ4n) is 2.53. The second-order valence-electron chi connectivity index (χ2n) is 5.50. The van der Waals surface area contributed by atoms with E-state index in [1.54, 1.807) is 0 Å². The number of likely N-dealkylation sites (tertiary alicyclic amines) is 1. The lowest BCUT2D eigenvalue weighted by atomic mass is 10.1. The van der Waals surface area contributed by atoms with E-state index in [-0.39, 0.29) is 0 Å². The largest absolute Gasteiger partial charge is 0.315 e. The Morgan fingerprint density at radius 1 is 1.27 bits per heavy atom. The Hall–Kier alpha value is -0.0800. The minimum atomic E-state index is 0.635. The van der Waals surface area contributed by atoms with Crippen molar-refractivity contribution >= 4 is 0 Å². The lowest BCUT2D eigenvalue weighted by molar-refractivity contribution is 0.259. The first kappa shape index (κ1) is 13.0. The van der Waals surface area contributed by atoms with Crippen LogP contribution < -0.4 is 5.32 Å². The van der Waals surface area contributed by atoms with Crippen LogP contribution in [0.4, 0.5) is 0 Å². The third-order valence-corrected chi connectivity index (χ3v) is 3.34. The average molecular weight is 212 g/mol. The monoisotopic (exact) mass is 212 g/mol. The molecule has 0 aromatic heterocycles. The van der Waals surface area contributed by atoms with Crippen molar-refractivity contribution in [1.29, 1.82) is 0 Å². The molecule has 0 aliphatic carbocycles. The van der Waals surface area contributed by atoms with E-state index >= 15 is 0 Å². The van der Waals surface area contributed by atoms with Gasteiger partial charge < -0.3 is 10.2 Å². The van der Waals surface area contributed by atoms with Gasteiger partial charge >= 0.3 is 0 Å². The van der Waals surface area contributed by atoms with Crippen LogP contribution in [0, 0.1) is 5.92 Å². The predicted molar refractivity (Wildman–Crippen MR) is 67.2 cm³/mol. The van der Waals surface area contributed by atoms with Crippen molar-refractivity contribution in [2.24, 2.45) is 5.92 Å². The zero-order chi connectivity index (χ0) is 11.3. The highest BCUT2D eigenvalue weighted by Crippen LogP contribution is 2.22. The van der Waals surface area contributed by atoms with Gasteiger partial charge in [0, 0.05) is 18.6 Å². The van der Waals surface area contributed by atoms with Crippen LogP contribution in [0.2, 0.25) is 0 Å². The van der Waals surface area contributed by atoms with Crippen molar-refractivity contribution in [3.05, 3.63) is 0 Å². The van der Waals surface area contributed by atoms with E-state index in [1.807, 2.05) is 0 Å². The van der Waals surface area contributed by atoms with Gasteiger partial charge in [0.05, 0.1) is 0 Å². The summed E-state index contributed by atoms with van der Waals surface area (Å²) >= 11 is 0. The molecule has 1 rings (SSSR count). The first-order valence-electron chi connectivity index (χ1n) is 6.57. The third-order valence-electron chi connectivity index (χ3n) is 3.34. The van der Waals surface area contributed by atoms with Gasteiger partial charge in [0.25, 0.3) is 0 Å². The Morgan fingerprint density at radius 3 is 2.53 bits per heavy atom. The molecule has 90 valence electrons. The molecule has 0 saturated carbocycles. The fourth-order valence-corrected chi connectivity index (χ4v) is 2.53. The number of unbranched alkanes of at least 4 members (excludes halogenated alkanes) is 1. The van der Waals surface area contributed by atoms with E-state index < -0.39 is 0 Å². The van der Waals surface area contributed by atoms with E-state index in [1.165, 1.54) is 38.9 Å². The summed E-state index contributed by atoms with van der Waals surface area (Å²) in [5.74, 6) is 0.911. The molecule has 2 nitrogen and oxygen atoms in total. The summed E-state index contributed by atoms with van der Waals surface area (Å²) in [6.07, 6.45) is 4.05. The molecule has 15 heavy (non-hydrogen) atoms. The van der Waals surface area contributed by atoms with E-state index in [2.05, 4.69) is 37.9 Å². The lowest BCUT2D eigenvalue weighted by Gasteiger charge is -2.20. The van der Waals surface area contributed by atoms with E-state index in [0.717, 1.165) is 12.0 Å². The summed E-state index contributed by atoms with van der Waals surface area (Å²) in [6.45, 7) is 13.0. The Labute approximate surface area is 95.4 Å². The van der Waals surface area contributed by atoms with Gasteiger partial charge in [0.1, 0.15) is 0 Å². The third kappa shape index (κ3) is 4.98. The first-order chi connectivity index (χ1) is 7.09. The number of hydrogen-bond donors (Lipinski definition) is 1.